The summed E-state index contributed by atoms with van der Waals surface area (Å²) in [6, 6.07) is 3.09. The first-order valence-electron chi connectivity index (χ1n) is 7.24. The van der Waals surface area contributed by atoms with E-state index in [2.05, 4.69) is 10.3 Å². The maximum atomic E-state index is 12.3. The molecule has 2 rings (SSSR count). The van der Waals surface area contributed by atoms with Crippen molar-refractivity contribution in [3.8, 4) is 17.2 Å². The van der Waals surface area contributed by atoms with Crippen molar-refractivity contribution >= 4 is 23.2 Å². The van der Waals surface area contributed by atoms with E-state index in [9.17, 15) is 9.59 Å². The Morgan fingerprint density at radius 1 is 1.08 bits per heavy atom. The van der Waals surface area contributed by atoms with Gasteiger partial charge in [0.05, 0.1) is 38.9 Å². The topological polar surface area (TPSA) is 96.0 Å². The van der Waals surface area contributed by atoms with Gasteiger partial charge >= 0.3 is 5.97 Å². The van der Waals surface area contributed by atoms with Crippen LogP contribution in [0.2, 0.25) is 0 Å². The van der Waals surface area contributed by atoms with E-state index in [0.29, 0.717) is 17.2 Å². The third-order valence-corrected chi connectivity index (χ3v) is 3.80. The Kier molecular flexibility index (Phi) is 6.58. The molecule has 1 aromatic carbocycles. The van der Waals surface area contributed by atoms with Gasteiger partial charge in [0, 0.05) is 17.5 Å². The van der Waals surface area contributed by atoms with E-state index in [1.807, 2.05) is 0 Å². The molecule has 1 heterocycles. The number of nitrogens with zero attached hydrogens (tertiary/aromatic N) is 1. The van der Waals surface area contributed by atoms with Gasteiger partial charge in [0.2, 0.25) is 0 Å². The SMILES string of the molecule is COc1cc(OC)c(C(=O)NCCOC(=O)c2cscn2)cc1OC. The van der Waals surface area contributed by atoms with Gasteiger partial charge < -0.3 is 24.3 Å². The van der Waals surface area contributed by atoms with E-state index in [4.69, 9.17) is 18.9 Å². The number of aromatic nitrogens is 1. The Hall–Kier alpha value is -2.81. The molecule has 0 atom stereocenters. The lowest BCUT2D eigenvalue weighted by Crippen LogP contribution is -2.28. The van der Waals surface area contributed by atoms with E-state index in [0.717, 1.165) is 0 Å². The Morgan fingerprint density at radius 2 is 1.76 bits per heavy atom. The largest absolute Gasteiger partial charge is 0.496 e. The van der Waals surface area contributed by atoms with Crippen molar-refractivity contribution in [3.05, 3.63) is 34.3 Å². The van der Waals surface area contributed by atoms with Crippen molar-refractivity contribution < 1.29 is 28.5 Å². The summed E-state index contributed by atoms with van der Waals surface area (Å²) in [4.78, 5) is 27.8. The van der Waals surface area contributed by atoms with Crippen LogP contribution in [-0.2, 0) is 4.74 Å². The van der Waals surface area contributed by atoms with Crippen LogP contribution in [0.15, 0.2) is 23.0 Å². The highest BCUT2D eigenvalue weighted by molar-refractivity contribution is 7.07. The van der Waals surface area contributed by atoms with Crippen LogP contribution in [0.4, 0.5) is 0 Å². The van der Waals surface area contributed by atoms with E-state index in [1.165, 1.54) is 38.7 Å². The van der Waals surface area contributed by atoms with Crippen LogP contribution < -0.4 is 19.5 Å². The second-order valence-corrected chi connectivity index (χ2v) is 5.39. The fourth-order valence-corrected chi connectivity index (χ4v) is 2.52. The number of hydrogen-bond acceptors (Lipinski definition) is 8. The van der Waals surface area contributed by atoms with Gasteiger partial charge in [-0.2, -0.15) is 0 Å². The quantitative estimate of drug-likeness (QED) is 0.562. The van der Waals surface area contributed by atoms with Gasteiger partial charge in [0.1, 0.15) is 12.4 Å². The van der Waals surface area contributed by atoms with Crippen molar-refractivity contribution in [2.24, 2.45) is 0 Å². The number of carbonyl (C=O) groups excluding carboxylic acids is 2. The van der Waals surface area contributed by atoms with Crippen LogP contribution >= 0.6 is 11.3 Å². The lowest BCUT2D eigenvalue weighted by Gasteiger charge is -2.14. The van der Waals surface area contributed by atoms with Gasteiger partial charge in [0.25, 0.3) is 5.91 Å². The fraction of sp³-hybridized carbons (Fsp3) is 0.312. The number of methoxy groups -OCH3 is 3. The summed E-state index contributed by atoms with van der Waals surface area (Å²) < 4.78 is 20.6. The smallest absolute Gasteiger partial charge is 0.357 e. The van der Waals surface area contributed by atoms with E-state index >= 15 is 0 Å². The minimum atomic E-state index is -0.529. The van der Waals surface area contributed by atoms with Crippen LogP contribution in [-0.4, -0.2) is 51.3 Å². The molecule has 0 aliphatic heterocycles. The average molecular weight is 366 g/mol. The normalized spacial score (nSPS) is 10.0. The number of thiazole rings is 1. The molecule has 134 valence electrons. The first-order valence-corrected chi connectivity index (χ1v) is 8.18. The molecule has 0 aliphatic rings. The summed E-state index contributed by atoms with van der Waals surface area (Å²) in [5.41, 5.74) is 2.07. The molecule has 0 spiro atoms. The molecule has 1 amide bonds. The summed E-state index contributed by atoms with van der Waals surface area (Å²) in [7, 11) is 4.42. The average Bonchev–Trinajstić information content (AvgIpc) is 3.18. The summed E-state index contributed by atoms with van der Waals surface area (Å²) >= 11 is 1.30. The van der Waals surface area contributed by atoms with Crippen molar-refractivity contribution in [1.82, 2.24) is 10.3 Å². The zero-order valence-corrected chi connectivity index (χ0v) is 14.8. The molecule has 1 N–H and O–H groups in total. The molecule has 0 bridgehead atoms. The molecule has 1 aromatic heterocycles. The first kappa shape index (κ1) is 18.5. The molecule has 0 unspecified atom stereocenters. The van der Waals surface area contributed by atoms with E-state index < -0.39 is 5.97 Å². The lowest BCUT2D eigenvalue weighted by molar-refractivity contribution is 0.0497. The molecule has 25 heavy (non-hydrogen) atoms. The number of amides is 1. The summed E-state index contributed by atoms with van der Waals surface area (Å²) in [6.45, 7) is 0.171. The summed E-state index contributed by atoms with van der Waals surface area (Å²) in [5, 5.41) is 4.25. The van der Waals surface area contributed by atoms with Gasteiger partial charge in [0.15, 0.2) is 17.2 Å². The molecule has 0 saturated heterocycles. The highest BCUT2D eigenvalue weighted by Crippen LogP contribution is 2.34. The molecule has 2 aromatic rings. The van der Waals surface area contributed by atoms with Crippen LogP contribution in [0, 0.1) is 0 Å². The zero-order valence-electron chi connectivity index (χ0n) is 14.0. The van der Waals surface area contributed by atoms with Gasteiger partial charge in [-0.15, -0.1) is 11.3 Å². The van der Waals surface area contributed by atoms with Crippen molar-refractivity contribution in [1.29, 1.82) is 0 Å². The van der Waals surface area contributed by atoms with E-state index in [1.54, 1.807) is 17.0 Å². The van der Waals surface area contributed by atoms with Crippen LogP contribution in [0.1, 0.15) is 20.8 Å². The predicted octanol–water partition coefficient (Wildman–Crippen LogP) is 1.76. The number of nitrogens with one attached hydrogen (secondary N) is 1. The Labute approximate surface area is 148 Å². The third-order valence-electron chi connectivity index (χ3n) is 3.21. The van der Waals surface area contributed by atoms with Crippen LogP contribution in [0.3, 0.4) is 0 Å². The molecule has 0 fully saturated rings. The monoisotopic (exact) mass is 366 g/mol. The Balaban J connectivity index is 1.95. The van der Waals surface area contributed by atoms with Crippen LogP contribution in [0.25, 0.3) is 0 Å². The number of carbonyl (C=O) groups is 2. The maximum absolute atomic E-state index is 12.3. The molecule has 0 aliphatic carbocycles. The fourth-order valence-electron chi connectivity index (χ4n) is 2.00. The maximum Gasteiger partial charge on any atom is 0.357 e. The number of benzene rings is 1. The minimum Gasteiger partial charge on any atom is -0.496 e. The van der Waals surface area contributed by atoms with Crippen molar-refractivity contribution in [3.63, 3.8) is 0 Å². The third kappa shape index (κ3) is 4.60. The second-order valence-electron chi connectivity index (χ2n) is 4.67. The number of rotatable bonds is 8. The summed E-state index contributed by atoms with van der Waals surface area (Å²) in [5.74, 6) is 0.285. The van der Waals surface area contributed by atoms with E-state index in [-0.39, 0.29) is 30.3 Å². The molecular formula is C16H18N2O6S. The standard InChI is InChI=1S/C16H18N2O6S/c1-21-12-7-14(23-3)13(22-2)6-10(12)15(19)17-4-5-24-16(20)11-8-25-9-18-11/h6-9H,4-5H2,1-3H3,(H,17,19). The van der Waals surface area contributed by atoms with Gasteiger partial charge in [-0.05, 0) is 0 Å². The molecule has 9 heteroatoms. The second kappa shape index (κ2) is 8.88. The molecule has 0 radical (unpaired) electrons. The van der Waals surface area contributed by atoms with Gasteiger partial charge in [-0.3, -0.25) is 4.79 Å². The number of esters is 1. The number of hydrogen-bond donors (Lipinski definition) is 1. The predicted molar refractivity (Wildman–Crippen MR) is 90.8 cm³/mol. The zero-order chi connectivity index (χ0) is 18.2. The molecular weight excluding hydrogens is 348 g/mol. The van der Waals surface area contributed by atoms with Gasteiger partial charge in [-0.25, -0.2) is 9.78 Å². The minimum absolute atomic E-state index is 0.0255. The lowest BCUT2D eigenvalue weighted by atomic mass is 10.1. The van der Waals surface area contributed by atoms with Crippen molar-refractivity contribution in [2.45, 2.75) is 0 Å². The van der Waals surface area contributed by atoms with Crippen LogP contribution in [0.5, 0.6) is 17.2 Å². The Bertz CT molecular complexity index is 732. The molecule has 8 nitrogen and oxygen atoms in total. The van der Waals surface area contributed by atoms with Gasteiger partial charge in [-0.1, -0.05) is 0 Å². The highest BCUT2D eigenvalue weighted by atomic mass is 32.1. The highest BCUT2D eigenvalue weighted by Gasteiger charge is 2.17. The number of ether oxygens (including phenoxy) is 4. The summed E-state index contributed by atoms with van der Waals surface area (Å²) in [6.07, 6.45) is 0. The Morgan fingerprint density at radius 3 is 2.36 bits per heavy atom. The van der Waals surface area contributed by atoms with Crippen molar-refractivity contribution in [2.75, 3.05) is 34.5 Å². The first-order chi connectivity index (χ1) is 12.1. The molecule has 0 saturated carbocycles.